The lowest BCUT2D eigenvalue weighted by molar-refractivity contribution is 0.277. The van der Waals surface area contributed by atoms with E-state index in [0.717, 1.165) is 17.0 Å². The van der Waals surface area contributed by atoms with Crippen molar-refractivity contribution in [3.05, 3.63) is 41.7 Å². The van der Waals surface area contributed by atoms with Gasteiger partial charge in [0, 0.05) is 6.20 Å². The van der Waals surface area contributed by atoms with Gasteiger partial charge in [-0.05, 0) is 30.7 Å². The largest absolute Gasteiger partial charge is 0.495 e. The van der Waals surface area contributed by atoms with Crippen molar-refractivity contribution in [3.63, 3.8) is 0 Å². The van der Waals surface area contributed by atoms with Gasteiger partial charge in [0.05, 0.1) is 25.1 Å². The van der Waals surface area contributed by atoms with E-state index in [-0.39, 0.29) is 6.61 Å². The number of aliphatic hydroxyl groups excluding tert-OH is 1. The first-order valence-corrected chi connectivity index (χ1v) is 5.57. The van der Waals surface area contributed by atoms with Gasteiger partial charge in [0.15, 0.2) is 0 Å². The van der Waals surface area contributed by atoms with E-state index in [1.165, 1.54) is 0 Å². The van der Waals surface area contributed by atoms with Gasteiger partial charge in [-0.15, -0.1) is 0 Å². The van der Waals surface area contributed by atoms with Crippen LogP contribution in [0.3, 0.4) is 0 Å². The minimum Gasteiger partial charge on any atom is -0.495 e. The number of nitrogens with zero attached hydrogens (tertiary/aromatic N) is 2. The van der Waals surface area contributed by atoms with Gasteiger partial charge in [-0.25, -0.2) is 9.97 Å². The molecule has 0 fully saturated rings. The summed E-state index contributed by atoms with van der Waals surface area (Å²) < 4.78 is 5.26. The number of hydrogen-bond donors (Lipinski definition) is 2. The number of methoxy groups -OCH3 is 1. The number of aliphatic hydroxyl groups is 1. The normalized spacial score (nSPS) is 10.2. The summed E-state index contributed by atoms with van der Waals surface area (Å²) in [6, 6.07) is 7.47. The third kappa shape index (κ3) is 2.75. The molecule has 1 aromatic heterocycles. The molecule has 0 spiro atoms. The molecule has 0 atom stereocenters. The number of rotatable bonds is 4. The van der Waals surface area contributed by atoms with Crippen molar-refractivity contribution in [2.24, 2.45) is 0 Å². The first kappa shape index (κ1) is 12.3. The van der Waals surface area contributed by atoms with Gasteiger partial charge in [0.1, 0.15) is 5.75 Å². The highest BCUT2D eigenvalue weighted by Gasteiger charge is 2.05. The molecule has 1 aromatic carbocycles. The Morgan fingerprint density at radius 3 is 2.89 bits per heavy atom. The average Bonchev–Trinajstić information content (AvgIpc) is 2.39. The quantitative estimate of drug-likeness (QED) is 0.862. The summed E-state index contributed by atoms with van der Waals surface area (Å²) in [4.78, 5) is 8.26. The molecule has 0 saturated carbocycles. The Kier molecular flexibility index (Phi) is 3.74. The smallest absolute Gasteiger partial charge is 0.227 e. The first-order valence-electron chi connectivity index (χ1n) is 5.57. The third-order valence-electron chi connectivity index (χ3n) is 2.48. The van der Waals surface area contributed by atoms with Crippen LogP contribution in [-0.2, 0) is 6.61 Å². The zero-order chi connectivity index (χ0) is 13.0. The second-order valence-corrected chi connectivity index (χ2v) is 3.86. The molecule has 1 heterocycles. The Balaban J connectivity index is 2.29. The lowest BCUT2D eigenvalue weighted by Crippen LogP contribution is -2.01. The maximum absolute atomic E-state index is 9.03. The van der Waals surface area contributed by atoms with E-state index in [1.54, 1.807) is 19.4 Å². The minimum atomic E-state index is -0.109. The van der Waals surface area contributed by atoms with E-state index < -0.39 is 0 Å². The van der Waals surface area contributed by atoms with Gasteiger partial charge < -0.3 is 15.2 Å². The summed E-state index contributed by atoms with van der Waals surface area (Å²) in [5, 5.41) is 12.1. The zero-order valence-electron chi connectivity index (χ0n) is 10.3. The average molecular weight is 245 g/mol. The fourth-order valence-corrected chi connectivity index (χ4v) is 1.58. The maximum Gasteiger partial charge on any atom is 0.227 e. The Hall–Kier alpha value is -2.14. The molecule has 0 bridgehead atoms. The fraction of sp³-hybridized carbons (Fsp3) is 0.231. The molecule has 0 unspecified atom stereocenters. The molecule has 94 valence electrons. The highest BCUT2D eigenvalue weighted by molar-refractivity contribution is 5.63. The molecule has 0 aliphatic carbocycles. The van der Waals surface area contributed by atoms with E-state index >= 15 is 0 Å². The summed E-state index contributed by atoms with van der Waals surface area (Å²) in [5.74, 6) is 1.16. The van der Waals surface area contributed by atoms with Gasteiger partial charge in [0.25, 0.3) is 0 Å². The Labute approximate surface area is 105 Å². The van der Waals surface area contributed by atoms with Crippen LogP contribution in [0.4, 0.5) is 11.6 Å². The number of aryl methyl sites for hydroxylation is 1. The van der Waals surface area contributed by atoms with Crippen molar-refractivity contribution in [2.75, 3.05) is 12.4 Å². The van der Waals surface area contributed by atoms with E-state index in [0.29, 0.717) is 11.6 Å². The second-order valence-electron chi connectivity index (χ2n) is 3.86. The molecular weight excluding hydrogens is 230 g/mol. The molecule has 0 radical (unpaired) electrons. The Morgan fingerprint density at radius 2 is 2.17 bits per heavy atom. The van der Waals surface area contributed by atoms with E-state index in [9.17, 15) is 0 Å². The van der Waals surface area contributed by atoms with Gasteiger partial charge in [-0.1, -0.05) is 6.07 Å². The van der Waals surface area contributed by atoms with Crippen LogP contribution in [0.5, 0.6) is 5.75 Å². The van der Waals surface area contributed by atoms with Crippen LogP contribution in [0, 0.1) is 6.92 Å². The predicted molar refractivity (Wildman–Crippen MR) is 69.0 cm³/mol. The molecule has 0 amide bonds. The van der Waals surface area contributed by atoms with Crippen molar-refractivity contribution in [1.82, 2.24) is 9.97 Å². The molecule has 0 aliphatic heterocycles. The summed E-state index contributed by atoms with van der Waals surface area (Å²) in [5.41, 5.74) is 2.48. The van der Waals surface area contributed by atoms with Crippen LogP contribution >= 0.6 is 0 Å². The molecule has 0 saturated heterocycles. The van der Waals surface area contributed by atoms with Gasteiger partial charge >= 0.3 is 0 Å². The van der Waals surface area contributed by atoms with Crippen molar-refractivity contribution in [3.8, 4) is 5.75 Å². The number of aromatic nitrogens is 2. The Morgan fingerprint density at radius 1 is 1.33 bits per heavy atom. The standard InChI is InChI=1S/C13H15N3O2/c1-9-3-4-12(18-2)11(7-9)16-13-14-6-5-10(8-17)15-13/h3-7,17H,8H2,1-2H3,(H,14,15,16). The van der Waals surface area contributed by atoms with Crippen molar-refractivity contribution >= 4 is 11.6 Å². The van der Waals surface area contributed by atoms with Crippen LogP contribution < -0.4 is 10.1 Å². The van der Waals surface area contributed by atoms with Crippen LogP contribution in [0.15, 0.2) is 30.5 Å². The number of hydrogen-bond acceptors (Lipinski definition) is 5. The van der Waals surface area contributed by atoms with Crippen molar-refractivity contribution in [2.45, 2.75) is 13.5 Å². The molecule has 2 rings (SSSR count). The third-order valence-corrected chi connectivity index (χ3v) is 2.48. The molecule has 0 aliphatic rings. The van der Waals surface area contributed by atoms with Crippen LogP contribution in [0.1, 0.15) is 11.3 Å². The lowest BCUT2D eigenvalue weighted by Gasteiger charge is -2.11. The monoisotopic (exact) mass is 245 g/mol. The molecular formula is C13H15N3O2. The highest BCUT2D eigenvalue weighted by atomic mass is 16.5. The fourth-order valence-electron chi connectivity index (χ4n) is 1.58. The van der Waals surface area contributed by atoms with Crippen LogP contribution in [0.25, 0.3) is 0 Å². The molecule has 2 aromatic rings. The second kappa shape index (κ2) is 5.46. The van der Waals surface area contributed by atoms with Crippen molar-refractivity contribution in [1.29, 1.82) is 0 Å². The van der Waals surface area contributed by atoms with Crippen LogP contribution in [0.2, 0.25) is 0 Å². The van der Waals surface area contributed by atoms with Gasteiger partial charge in [-0.3, -0.25) is 0 Å². The number of ether oxygens (including phenoxy) is 1. The topological polar surface area (TPSA) is 67.3 Å². The van der Waals surface area contributed by atoms with Crippen molar-refractivity contribution < 1.29 is 9.84 Å². The summed E-state index contributed by atoms with van der Waals surface area (Å²) in [6.45, 7) is 1.89. The Bertz CT molecular complexity index is 544. The maximum atomic E-state index is 9.03. The summed E-state index contributed by atoms with van der Waals surface area (Å²) in [7, 11) is 1.61. The predicted octanol–water partition coefficient (Wildman–Crippen LogP) is 2.03. The molecule has 18 heavy (non-hydrogen) atoms. The zero-order valence-corrected chi connectivity index (χ0v) is 10.3. The first-order chi connectivity index (χ1) is 8.72. The van der Waals surface area contributed by atoms with Gasteiger partial charge in [-0.2, -0.15) is 0 Å². The van der Waals surface area contributed by atoms with Crippen LogP contribution in [-0.4, -0.2) is 22.2 Å². The molecule has 5 nitrogen and oxygen atoms in total. The number of anilines is 2. The number of benzene rings is 1. The highest BCUT2D eigenvalue weighted by Crippen LogP contribution is 2.27. The SMILES string of the molecule is COc1ccc(C)cc1Nc1nccc(CO)n1. The molecule has 5 heteroatoms. The van der Waals surface area contributed by atoms with E-state index in [4.69, 9.17) is 9.84 Å². The minimum absolute atomic E-state index is 0.109. The molecule has 2 N–H and O–H groups in total. The lowest BCUT2D eigenvalue weighted by atomic mass is 10.2. The summed E-state index contributed by atoms with van der Waals surface area (Å²) in [6.07, 6.45) is 1.60. The summed E-state index contributed by atoms with van der Waals surface area (Å²) >= 11 is 0. The van der Waals surface area contributed by atoms with Gasteiger partial charge in [0.2, 0.25) is 5.95 Å². The number of nitrogens with one attached hydrogen (secondary N) is 1. The van der Waals surface area contributed by atoms with E-state index in [1.807, 2.05) is 25.1 Å². The van der Waals surface area contributed by atoms with E-state index in [2.05, 4.69) is 15.3 Å².